The van der Waals surface area contributed by atoms with Crippen LogP contribution in [0.4, 0.5) is 4.39 Å². The van der Waals surface area contributed by atoms with E-state index in [-0.39, 0.29) is 11.9 Å². The van der Waals surface area contributed by atoms with E-state index in [1.54, 1.807) is 18.5 Å². The van der Waals surface area contributed by atoms with Crippen molar-refractivity contribution in [1.29, 1.82) is 0 Å². The van der Waals surface area contributed by atoms with Crippen molar-refractivity contribution in [3.63, 3.8) is 0 Å². The molecule has 112 valence electrons. The maximum absolute atomic E-state index is 14.1. The molecule has 2 N–H and O–H groups in total. The van der Waals surface area contributed by atoms with Crippen LogP contribution in [0.2, 0.25) is 0 Å². The van der Waals surface area contributed by atoms with Crippen LogP contribution in [0.15, 0.2) is 47.2 Å². The lowest BCUT2D eigenvalue weighted by Crippen LogP contribution is -2.32. The number of hydrogen-bond donors (Lipinski definition) is 1. The normalized spacial score (nSPS) is 12.6. The summed E-state index contributed by atoms with van der Waals surface area (Å²) in [4.78, 5) is 6.09. The van der Waals surface area contributed by atoms with Crippen LogP contribution in [0.3, 0.4) is 0 Å². The molecule has 1 aromatic heterocycles. The van der Waals surface area contributed by atoms with Gasteiger partial charge in [0, 0.05) is 41.6 Å². The maximum atomic E-state index is 14.1. The van der Waals surface area contributed by atoms with E-state index in [4.69, 9.17) is 5.73 Å². The molecule has 2 aromatic rings. The summed E-state index contributed by atoms with van der Waals surface area (Å²) in [5.41, 5.74) is 7.70. The smallest absolute Gasteiger partial charge is 0.129 e. The Balaban J connectivity index is 2.06. The third kappa shape index (κ3) is 4.33. The van der Waals surface area contributed by atoms with Gasteiger partial charge in [-0.25, -0.2) is 4.39 Å². The van der Waals surface area contributed by atoms with E-state index < -0.39 is 0 Å². The SMILES string of the molecule is CN(CCc1ccncc1)C(CN)c1ccc(Br)cc1F. The van der Waals surface area contributed by atoms with E-state index in [1.165, 1.54) is 11.6 Å². The number of halogens is 2. The fraction of sp³-hybridized carbons (Fsp3) is 0.312. The lowest BCUT2D eigenvalue weighted by molar-refractivity contribution is 0.248. The van der Waals surface area contributed by atoms with E-state index in [0.717, 1.165) is 17.4 Å². The number of benzene rings is 1. The van der Waals surface area contributed by atoms with Crippen molar-refractivity contribution < 1.29 is 4.39 Å². The third-order valence-corrected chi connectivity index (χ3v) is 4.07. The van der Waals surface area contributed by atoms with E-state index >= 15 is 0 Å². The van der Waals surface area contributed by atoms with Gasteiger partial charge in [0.25, 0.3) is 0 Å². The van der Waals surface area contributed by atoms with Gasteiger partial charge >= 0.3 is 0 Å². The third-order valence-electron chi connectivity index (χ3n) is 3.58. The maximum Gasteiger partial charge on any atom is 0.129 e. The molecule has 1 atom stereocenters. The van der Waals surface area contributed by atoms with Crippen molar-refractivity contribution in [2.75, 3.05) is 20.1 Å². The summed E-state index contributed by atoms with van der Waals surface area (Å²) in [5, 5.41) is 0. The predicted molar refractivity (Wildman–Crippen MR) is 86.5 cm³/mol. The summed E-state index contributed by atoms with van der Waals surface area (Å²) in [6, 6.07) is 8.98. The minimum atomic E-state index is -0.226. The lowest BCUT2D eigenvalue weighted by atomic mass is 10.0. The molecule has 1 heterocycles. The van der Waals surface area contributed by atoms with E-state index in [9.17, 15) is 4.39 Å². The van der Waals surface area contributed by atoms with Crippen molar-refractivity contribution >= 4 is 15.9 Å². The second kappa shape index (κ2) is 7.64. The van der Waals surface area contributed by atoms with Gasteiger partial charge in [0.1, 0.15) is 5.82 Å². The van der Waals surface area contributed by atoms with Crippen molar-refractivity contribution in [3.05, 3.63) is 64.1 Å². The van der Waals surface area contributed by atoms with Crippen molar-refractivity contribution in [2.45, 2.75) is 12.5 Å². The minimum absolute atomic E-state index is 0.125. The zero-order chi connectivity index (χ0) is 15.2. The summed E-state index contributed by atoms with van der Waals surface area (Å²) in [5.74, 6) is -0.226. The molecule has 0 aliphatic rings. The number of nitrogens with two attached hydrogens (primary N) is 1. The largest absolute Gasteiger partial charge is 0.329 e. The van der Waals surface area contributed by atoms with Crippen molar-refractivity contribution in [2.24, 2.45) is 5.73 Å². The fourth-order valence-electron chi connectivity index (χ4n) is 2.33. The van der Waals surface area contributed by atoms with Crippen molar-refractivity contribution in [3.8, 4) is 0 Å². The quantitative estimate of drug-likeness (QED) is 0.869. The average Bonchev–Trinajstić information content (AvgIpc) is 2.49. The molecule has 1 unspecified atom stereocenters. The molecule has 0 spiro atoms. The van der Waals surface area contributed by atoms with Gasteiger partial charge in [-0.05, 0) is 43.3 Å². The molecule has 21 heavy (non-hydrogen) atoms. The number of pyridine rings is 1. The molecule has 0 fully saturated rings. The number of hydrogen-bond acceptors (Lipinski definition) is 3. The minimum Gasteiger partial charge on any atom is -0.329 e. The summed E-state index contributed by atoms with van der Waals surface area (Å²) in [7, 11) is 1.97. The standard InChI is InChI=1S/C16H19BrFN3/c1-21(9-6-12-4-7-20-8-5-12)16(11-19)14-3-2-13(17)10-15(14)18/h2-5,7-8,10,16H,6,9,11,19H2,1H3. The molecule has 2 rings (SSSR count). The summed E-state index contributed by atoms with van der Waals surface area (Å²) in [6.07, 6.45) is 4.45. The molecule has 0 aliphatic heterocycles. The Hall–Kier alpha value is -1.30. The number of aromatic nitrogens is 1. The summed E-state index contributed by atoms with van der Waals surface area (Å²) < 4.78 is 14.8. The zero-order valence-corrected chi connectivity index (χ0v) is 13.6. The van der Waals surface area contributed by atoms with E-state index in [2.05, 4.69) is 25.8 Å². The topological polar surface area (TPSA) is 42.2 Å². The Morgan fingerprint density at radius 1 is 1.29 bits per heavy atom. The van der Waals surface area contributed by atoms with Gasteiger partial charge in [0.2, 0.25) is 0 Å². The van der Waals surface area contributed by atoms with Crippen LogP contribution in [-0.4, -0.2) is 30.0 Å². The first-order chi connectivity index (χ1) is 10.1. The average molecular weight is 352 g/mol. The molecule has 0 amide bonds. The molecular weight excluding hydrogens is 333 g/mol. The highest BCUT2D eigenvalue weighted by Gasteiger charge is 2.19. The molecule has 1 aromatic carbocycles. The first kappa shape index (κ1) is 16.1. The molecule has 0 bridgehead atoms. The number of nitrogens with zero attached hydrogens (tertiary/aromatic N) is 2. The van der Waals surface area contributed by atoms with E-state index in [1.807, 2.05) is 25.2 Å². The van der Waals surface area contributed by atoms with Gasteiger partial charge < -0.3 is 5.73 Å². The number of rotatable bonds is 6. The van der Waals surface area contributed by atoms with Crippen LogP contribution < -0.4 is 5.73 Å². The van der Waals surface area contributed by atoms with E-state index in [0.29, 0.717) is 12.1 Å². The Morgan fingerprint density at radius 3 is 2.62 bits per heavy atom. The second-order valence-corrected chi connectivity index (χ2v) is 5.92. The first-order valence-corrected chi connectivity index (χ1v) is 7.65. The molecule has 5 heteroatoms. The molecular formula is C16H19BrFN3. The van der Waals surface area contributed by atoms with Gasteiger partial charge in [-0.2, -0.15) is 0 Å². The zero-order valence-electron chi connectivity index (χ0n) is 12.0. The lowest BCUT2D eigenvalue weighted by Gasteiger charge is -2.27. The Kier molecular flexibility index (Phi) is 5.85. The Labute approximate surface area is 133 Å². The highest BCUT2D eigenvalue weighted by molar-refractivity contribution is 9.10. The molecule has 0 radical (unpaired) electrons. The fourth-order valence-corrected chi connectivity index (χ4v) is 2.66. The number of likely N-dealkylation sites (N-methyl/N-ethyl adjacent to an activating group) is 1. The van der Waals surface area contributed by atoms with Crippen molar-refractivity contribution in [1.82, 2.24) is 9.88 Å². The highest BCUT2D eigenvalue weighted by Crippen LogP contribution is 2.24. The Bertz CT molecular complexity index is 577. The monoisotopic (exact) mass is 351 g/mol. The van der Waals surface area contributed by atoms with Crippen LogP contribution in [0.5, 0.6) is 0 Å². The van der Waals surface area contributed by atoms with Gasteiger partial charge in [-0.3, -0.25) is 9.88 Å². The molecule has 0 aliphatic carbocycles. The van der Waals surface area contributed by atoms with Gasteiger partial charge in [0.05, 0.1) is 0 Å². The second-order valence-electron chi connectivity index (χ2n) is 5.00. The van der Waals surface area contributed by atoms with Crippen LogP contribution in [0.25, 0.3) is 0 Å². The van der Waals surface area contributed by atoms with Crippen LogP contribution in [0.1, 0.15) is 17.2 Å². The van der Waals surface area contributed by atoms with Gasteiger partial charge in [-0.1, -0.05) is 22.0 Å². The Morgan fingerprint density at radius 2 is 2.00 bits per heavy atom. The summed E-state index contributed by atoms with van der Waals surface area (Å²) in [6.45, 7) is 1.19. The molecule has 0 saturated heterocycles. The predicted octanol–water partition coefficient (Wildman–Crippen LogP) is 3.16. The first-order valence-electron chi connectivity index (χ1n) is 6.86. The highest BCUT2D eigenvalue weighted by atomic mass is 79.9. The molecule has 0 saturated carbocycles. The van der Waals surface area contributed by atoms with Gasteiger partial charge in [-0.15, -0.1) is 0 Å². The van der Waals surface area contributed by atoms with Gasteiger partial charge in [0.15, 0.2) is 0 Å². The summed E-state index contributed by atoms with van der Waals surface area (Å²) >= 11 is 3.27. The molecule has 3 nitrogen and oxygen atoms in total. The van der Waals surface area contributed by atoms with Crippen LogP contribution in [-0.2, 0) is 6.42 Å². The van der Waals surface area contributed by atoms with Crippen LogP contribution >= 0.6 is 15.9 Å². The van der Waals surface area contributed by atoms with Crippen LogP contribution in [0, 0.1) is 5.82 Å².